The number of nitrogens with two attached hydrogens (primary N) is 1. The van der Waals surface area contributed by atoms with E-state index in [1.165, 1.54) is 0 Å². The SMILES string of the molecule is COc1cccc([C@H](N)[C@H](C)OCc2ccccc2)c1.Cl. The molecule has 0 amide bonds. The van der Waals surface area contributed by atoms with Gasteiger partial charge in [0.05, 0.1) is 25.9 Å². The van der Waals surface area contributed by atoms with Crippen molar-refractivity contribution in [3.05, 3.63) is 65.7 Å². The molecule has 0 radical (unpaired) electrons. The Labute approximate surface area is 132 Å². The van der Waals surface area contributed by atoms with E-state index in [-0.39, 0.29) is 24.6 Å². The minimum absolute atomic E-state index is 0. The first kappa shape index (κ1) is 17.5. The molecule has 2 atom stereocenters. The maximum atomic E-state index is 6.25. The van der Waals surface area contributed by atoms with Gasteiger partial charge in [-0.15, -0.1) is 12.4 Å². The predicted molar refractivity (Wildman–Crippen MR) is 87.9 cm³/mol. The van der Waals surface area contributed by atoms with Gasteiger partial charge in [-0.1, -0.05) is 42.5 Å². The molecule has 2 rings (SSSR count). The lowest BCUT2D eigenvalue weighted by molar-refractivity contribution is 0.0356. The number of halogens is 1. The normalized spacial score (nSPS) is 13.1. The molecule has 0 aromatic heterocycles. The summed E-state index contributed by atoms with van der Waals surface area (Å²) in [5.41, 5.74) is 8.41. The molecule has 3 nitrogen and oxygen atoms in total. The molecule has 21 heavy (non-hydrogen) atoms. The molecule has 0 bridgehead atoms. The Hall–Kier alpha value is -1.55. The Balaban J connectivity index is 0.00000220. The van der Waals surface area contributed by atoms with Gasteiger partial charge in [0.2, 0.25) is 0 Å². The summed E-state index contributed by atoms with van der Waals surface area (Å²) in [5.74, 6) is 0.813. The Morgan fingerprint density at radius 2 is 1.76 bits per heavy atom. The number of hydrogen-bond donors (Lipinski definition) is 1. The molecule has 2 aromatic rings. The predicted octanol–water partition coefficient (Wildman–Crippen LogP) is 3.72. The summed E-state index contributed by atoms with van der Waals surface area (Å²) in [7, 11) is 1.65. The molecule has 2 N–H and O–H groups in total. The van der Waals surface area contributed by atoms with E-state index in [2.05, 4.69) is 0 Å². The van der Waals surface area contributed by atoms with Crippen LogP contribution in [0.15, 0.2) is 54.6 Å². The van der Waals surface area contributed by atoms with Crippen molar-refractivity contribution in [3.63, 3.8) is 0 Å². The molecule has 0 aliphatic rings. The van der Waals surface area contributed by atoms with Gasteiger partial charge in [-0.25, -0.2) is 0 Å². The molecule has 0 fully saturated rings. The van der Waals surface area contributed by atoms with E-state index in [1.54, 1.807) is 7.11 Å². The van der Waals surface area contributed by atoms with Crippen LogP contribution in [0, 0.1) is 0 Å². The number of hydrogen-bond acceptors (Lipinski definition) is 3. The Morgan fingerprint density at radius 1 is 1.05 bits per heavy atom. The van der Waals surface area contributed by atoms with E-state index in [4.69, 9.17) is 15.2 Å². The fraction of sp³-hybridized carbons (Fsp3) is 0.294. The standard InChI is InChI=1S/C17H21NO2.ClH/c1-13(20-12-14-7-4-3-5-8-14)17(18)15-9-6-10-16(11-15)19-2;/h3-11,13,17H,12,18H2,1-2H3;1H/t13-,17+;/m0./s1. The van der Waals surface area contributed by atoms with E-state index < -0.39 is 0 Å². The van der Waals surface area contributed by atoms with E-state index in [1.807, 2.05) is 61.5 Å². The minimum atomic E-state index is -0.172. The Kier molecular flexibility index (Phi) is 7.23. The van der Waals surface area contributed by atoms with Crippen LogP contribution in [0.1, 0.15) is 24.1 Å². The van der Waals surface area contributed by atoms with Gasteiger partial charge < -0.3 is 15.2 Å². The van der Waals surface area contributed by atoms with E-state index in [9.17, 15) is 0 Å². The average Bonchev–Trinajstić information content (AvgIpc) is 2.53. The van der Waals surface area contributed by atoms with Gasteiger partial charge >= 0.3 is 0 Å². The monoisotopic (exact) mass is 307 g/mol. The van der Waals surface area contributed by atoms with Crippen LogP contribution < -0.4 is 10.5 Å². The van der Waals surface area contributed by atoms with Crippen molar-refractivity contribution in [1.82, 2.24) is 0 Å². The highest BCUT2D eigenvalue weighted by Crippen LogP contribution is 2.21. The van der Waals surface area contributed by atoms with Crippen LogP contribution in [-0.4, -0.2) is 13.2 Å². The lowest BCUT2D eigenvalue weighted by Crippen LogP contribution is -2.26. The van der Waals surface area contributed by atoms with Crippen molar-refractivity contribution in [2.24, 2.45) is 5.73 Å². The largest absolute Gasteiger partial charge is 0.497 e. The average molecular weight is 308 g/mol. The number of methoxy groups -OCH3 is 1. The first-order valence-electron chi connectivity index (χ1n) is 6.76. The summed E-state index contributed by atoms with van der Waals surface area (Å²) in [5, 5.41) is 0. The molecule has 2 aromatic carbocycles. The van der Waals surface area contributed by atoms with E-state index in [0.29, 0.717) is 6.61 Å². The second kappa shape index (κ2) is 8.67. The summed E-state index contributed by atoms with van der Waals surface area (Å²) in [6.45, 7) is 2.56. The van der Waals surface area contributed by atoms with Gasteiger partial charge in [-0.2, -0.15) is 0 Å². The van der Waals surface area contributed by atoms with Crippen molar-refractivity contribution >= 4 is 12.4 Å². The van der Waals surface area contributed by atoms with Gasteiger partial charge in [-0.05, 0) is 30.2 Å². The van der Waals surface area contributed by atoms with Crippen LogP contribution >= 0.6 is 12.4 Å². The highest BCUT2D eigenvalue weighted by molar-refractivity contribution is 5.85. The number of ether oxygens (including phenoxy) is 2. The summed E-state index contributed by atoms with van der Waals surface area (Å²) >= 11 is 0. The molecule has 0 aliphatic carbocycles. The Morgan fingerprint density at radius 3 is 2.43 bits per heavy atom. The lowest BCUT2D eigenvalue weighted by Gasteiger charge is -2.21. The molecule has 0 saturated heterocycles. The van der Waals surface area contributed by atoms with Crippen LogP contribution in [0.25, 0.3) is 0 Å². The third-order valence-corrected chi connectivity index (χ3v) is 3.34. The van der Waals surface area contributed by atoms with Crippen LogP contribution in [0.3, 0.4) is 0 Å². The molecule has 0 unspecified atom stereocenters. The van der Waals surface area contributed by atoms with Gasteiger partial charge in [0, 0.05) is 0 Å². The quantitative estimate of drug-likeness (QED) is 0.884. The lowest BCUT2D eigenvalue weighted by atomic mass is 10.0. The zero-order valence-corrected chi connectivity index (χ0v) is 13.2. The van der Waals surface area contributed by atoms with Gasteiger partial charge in [0.1, 0.15) is 5.75 Å². The maximum absolute atomic E-state index is 6.25. The van der Waals surface area contributed by atoms with Crippen molar-refractivity contribution in [2.45, 2.75) is 25.7 Å². The molecule has 4 heteroatoms. The third-order valence-electron chi connectivity index (χ3n) is 3.34. The zero-order chi connectivity index (χ0) is 14.4. The topological polar surface area (TPSA) is 44.5 Å². The van der Waals surface area contributed by atoms with Crippen LogP contribution in [0.5, 0.6) is 5.75 Å². The Bertz CT molecular complexity index is 533. The van der Waals surface area contributed by atoms with Crippen molar-refractivity contribution in [3.8, 4) is 5.75 Å². The van der Waals surface area contributed by atoms with Crippen LogP contribution in [0.4, 0.5) is 0 Å². The first-order chi connectivity index (χ1) is 9.70. The van der Waals surface area contributed by atoms with E-state index >= 15 is 0 Å². The minimum Gasteiger partial charge on any atom is -0.497 e. The highest BCUT2D eigenvalue weighted by atomic mass is 35.5. The first-order valence-corrected chi connectivity index (χ1v) is 6.76. The second-order valence-electron chi connectivity index (χ2n) is 4.80. The van der Waals surface area contributed by atoms with Gasteiger partial charge in [0.15, 0.2) is 0 Å². The molecule has 0 spiro atoms. The van der Waals surface area contributed by atoms with E-state index in [0.717, 1.165) is 16.9 Å². The summed E-state index contributed by atoms with van der Waals surface area (Å²) in [6.07, 6.45) is -0.0673. The smallest absolute Gasteiger partial charge is 0.119 e. The fourth-order valence-corrected chi connectivity index (χ4v) is 2.03. The summed E-state index contributed by atoms with van der Waals surface area (Å²) in [4.78, 5) is 0. The van der Waals surface area contributed by atoms with Crippen molar-refractivity contribution in [1.29, 1.82) is 0 Å². The number of rotatable bonds is 6. The molecule has 114 valence electrons. The summed E-state index contributed by atoms with van der Waals surface area (Å²) < 4.78 is 11.1. The number of benzene rings is 2. The fourth-order valence-electron chi connectivity index (χ4n) is 2.03. The third kappa shape index (κ3) is 5.05. The molecule has 0 aliphatic heterocycles. The maximum Gasteiger partial charge on any atom is 0.119 e. The summed E-state index contributed by atoms with van der Waals surface area (Å²) in [6, 6.07) is 17.7. The molecular weight excluding hydrogens is 286 g/mol. The molecule has 0 heterocycles. The van der Waals surface area contributed by atoms with Crippen LogP contribution in [0.2, 0.25) is 0 Å². The van der Waals surface area contributed by atoms with Gasteiger partial charge in [0.25, 0.3) is 0 Å². The molecule has 0 saturated carbocycles. The second-order valence-corrected chi connectivity index (χ2v) is 4.80. The van der Waals surface area contributed by atoms with Crippen molar-refractivity contribution < 1.29 is 9.47 Å². The van der Waals surface area contributed by atoms with Gasteiger partial charge in [-0.3, -0.25) is 0 Å². The van der Waals surface area contributed by atoms with Crippen molar-refractivity contribution in [2.75, 3.05) is 7.11 Å². The van der Waals surface area contributed by atoms with Crippen LogP contribution in [-0.2, 0) is 11.3 Å². The molecular formula is C17H22ClNO2. The zero-order valence-electron chi connectivity index (χ0n) is 12.4. The highest BCUT2D eigenvalue weighted by Gasteiger charge is 2.16.